The number of nitrogens with zero attached hydrogens (tertiary/aromatic N) is 2. The first-order chi connectivity index (χ1) is 8.17. The molecular formula is C12H10ClN3S. The van der Waals surface area contributed by atoms with Crippen LogP contribution in [0, 0.1) is 18.3 Å². The third kappa shape index (κ3) is 3.19. The molecule has 86 valence electrons. The van der Waals surface area contributed by atoms with Crippen LogP contribution in [-0.4, -0.2) is 4.98 Å². The fourth-order valence-electron chi connectivity index (χ4n) is 1.41. The van der Waals surface area contributed by atoms with Gasteiger partial charge in [0.15, 0.2) is 0 Å². The number of nitriles is 1. The number of pyridine rings is 1. The molecule has 0 spiro atoms. The van der Waals surface area contributed by atoms with Gasteiger partial charge in [-0.05, 0) is 31.2 Å². The molecule has 0 unspecified atom stereocenters. The second-order valence-corrected chi connectivity index (χ2v) is 5.30. The van der Waals surface area contributed by atoms with Crippen LogP contribution in [0.1, 0.15) is 15.3 Å². The lowest BCUT2D eigenvalue weighted by atomic mass is 10.3. The van der Waals surface area contributed by atoms with Crippen molar-refractivity contribution in [1.82, 2.24) is 4.98 Å². The van der Waals surface area contributed by atoms with Crippen molar-refractivity contribution in [2.45, 2.75) is 13.5 Å². The maximum atomic E-state index is 8.81. The molecule has 5 heteroatoms. The zero-order valence-electron chi connectivity index (χ0n) is 9.20. The van der Waals surface area contributed by atoms with Crippen LogP contribution >= 0.6 is 22.9 Å². The van der Waals surface area contributed by atoms with E-state index < -0.39 is 0 Å². The first kappa shape index (κ1) is 11.9. The summed E-state index contributed by atoms with van der Waals surface area (Å²) < 4.78 is 0. The molecule has 0 aromatic carbocycles. The van der Waals surface area contributed by atoms with E-state index in [1.54, 1.807) is 23.5 Å². The fourth-order valence-corrected chi connectivity index (χ4v) is 2.45. The molecule has 0 radical (unpaired) electrons. The van der Waals surface area contributed by atoms with Crippen molar-refractivity contribution in [3.05, 3.63) is 44.7 Å². The van der Waals surface area contributed by atoms with E-state index in [1.807, 2.05) is 6.07 Å². The Hall–Kier alpha value is -1.57. The standard InChI is InChI=1S/C12H10ClN3S/c1-8-2-3-10(17-8)7-15-12-5-9(6-14)4-11(13)16-12/h2-5H,7H2,1H3,(H,15,16). The third-order valence-electron chi connectivity index (χ3n) is 2.16. The maximum Gasteiger partial charge on any atom is 0.132 e. The quantitative estimate of drug-likeness (QED) is 0.861. The van der Waals surface area contributed by atoms with E-state index in [0.717, 1.165) is 0 Å². The molecular weight excluding hydrogens is 254 g/mol. The van der Waals surface area contributed by atoms with Gasteiger partial charge >= 0.3 is 0 Å². The van der Waals surface area contributed by atoms with Gasteiger partial charge in [-0.2, -0.15) is 5.26 Å². The Balaban J connectivity index is 2.09. The predicted octanol–water partition coefficient (Wildman–Crippen LogP) is 3.59. The van der Waals surface area contributed by atoms with Crippen LogP contribution in [0.3, 0.4) is 0 Å². The third-order valence-corrected chi connectivity index (χ3v) is 3.36. The van der Waals surface area contributed by atoms with E-state index in [-0.39, 0.29) is 0 Å². The molecule has 0 atom stereocenters. The van der Waals surface area contributed by atoms with E-state index >= 15 is 0 Å². The molecule has 2 heterocycles. The van der Waals surface area contributed by atoms with Crippen LogP contribution < -0.4 is 5.32 Å². The highest BCUT2D eigenvalue weighted by molar-refractivity contribution is 7.11. The molecule has 1 N–H and O–H groups in total. The maximum absolute atomic E-state index is 8.81. The van der Waals surface area contributed by atoms with Gasteiger partial charge in [-0.3, -0.25) is 0 Å². The Kier molecular flexibility index (Phi) is 3.62. The number of hydrogen-bond donors (Lipinski definition) is 1. The van der Waals surface area contributed by atoms with Gasteiger partial charge in [-0.1, -0.05) is 11.6 Å². The normalized spacial score (nSPS) is 9.94. The molecule has 0 saturated heterocycles. The highest BCUT2D eigenvalue weighted by Crippen LogP contribution is 2.18. The smallest absolute Gasteiger partial charge is 0.132 e. The first-order valence-electron chi connectivity index (χ1n) is 5.04. The molecule has 2 aromatic heterocycles. The summed E-state index contributed by atoms with van der Waals surface area (Å²) in [5.41, 5.74) is 0.509. The van der Waals surface area contributed by atoms with Gasteiger partial charge in [0.25, 0.3) is 0 Å². The molecule has 0 aliphatic carbocycles. The molecule has 2 aromatic rings. The summed E-state index contributed by atoms with van der Waals surface area (Å²) in [5, 5.41) is 12.3. The van der Waals surface area contributed by atoms with Gasteiger partial charge in [0.05, 0.1) is 18.2 Å². The second kappa shape index (κ2) is 5.17. The van der Waals surface area contributed by atoms with Gasteiger partial charge < -0.3 is 5.32 Å². The fraction of sp³-hybridized carbons (Fsp3) is 0.167. The highest BCUT2D eigenvalue weighted by Gasteiger charge is 2.02. The lowest BCUT2D eigenvalue weighted by Crippen LogP contribution is -2.00. The molecule has 0 bridgehead atoms. The largest absolute Gasteiger partial charge is 0.365 e. The Morgan fingerprint density at radius 3 is 2.94 bits per heavy atom. The minimum Gasteiger partial charge on any atom is -0.365 e. The van der Waals surface area contributed by atoms with Gasteiger partial charge in [-0.15, -0.1) is 11.3 Å². The minimum absolute atomic E-state index is 0.328. The summed E-state index contributed by atoms with van der Waals surface area (Å²) in [5.74, 6) is 0.625. The highest BCUT2D eigenvalue weighted by atomic mass is 35.5. The number of halogens is 1. The monoisotopic (exact) mass is 263 g/mol. The van der Waals surface area contributed by atoms with Crippen LogP contribution in [0.4, 0.5) is 5.82 Å². The SMILES string of the molecule is Cc1ccc(CNc2cc(C#N)cc(Cl)n2)s1. The lowest BCUT2D eigenvalue weighted by molar-refractivity contribution is 1.14. The van der Waals surface area contributed by atoms with Crippen LogP contribution in [0.5, 0.6) is 0 Å². The van der Waals surface area contributed by atoms with Crippen molar-refractivity contribution in [2.24, 2.45) is 0 Å². The summed E-state index contributed by atoms with van der Waals surface area (Å²) >= 11 is 7.55. The molecule has 2 rings (SSSR count). The summed E-state index contributed by atoms with van der Waals surface area (Å²) in [6, 6.07) is 9.43. The Morgan fingerprint density at radius 1 is 1.47 bits per heavy atom. The topological polar surface area (TPSA) is 48.7 Å². The summed E-state index contributed by atoms with van der Waals surface area (Å²) in [4.78, 5) is 6.61. The van der Waals surface area contributed by atoms with Crippen LogP contribution in [-0.2, 0) is 6.54 Å². The average molecular weight is 264 g/mol. The Labute approximate surface area is 109 Å². The van der Waals surface area contributed by atoms with Gasteiger partial charge in [0.2, 0.25) is 0 Å². The molecule has 0 amide bonds. The van der Waals surface area contributed by atoms with Crippen molar-refractivity contribution in [2.75, 3.05) is 5.32 Å². The van der Waals surface area contributed by atoms with Crippen LogP contribution in [0.2, 0.25) is 5.15 Å². The average Bonchev–Trinajstić information content (AvgIpc) is 2.72. The number of thiophene rings is 1. The number of aromatic nitrogens is 1. The zero-order chi connectivity index (χ0) is 12.3. The number of anilines is 1. The molecule has 0 aliphatic rings. The number of hydrogen-bond acceptors (Lipinski definition) is 4. The van der Waals surface area contributed by atoms with Crippen molar-refractivity contribution in [3.63, 3.8) is 0 Å². The van der Waals surface area contributed by atoms with Gasteiger partial charge in [0.1, 0.15) is 11.0 Å². The number of nitrogens with one attached hydrogen (secondary N) is 1. The lowest BCUT2D eigenvalue weighted by Gasteiger charge is -2.04. The summed E-state index contributed by atoms with van der Waals surface area (Å²) in [6.45, 7) is 2.76. The predicted molar refractivity (Wildman–Crippen MR) is 70.3 cm³/mol. The summed E-state index contributed by atoms with van der Waals surface area (Å²) in [6.07, 6.45) is 0. The van der Waals surface area contributed by atoms with Crippen LogP contribution in [0.15, 0.2) is 24.3 Å². The molecule has 17 heavy (non-hydrogen) atoms. The molecule has 3 nitrogen and oxygen atoms in total. The van der Waals surface area contributed by atoms with Crippen LogP contribution in [0.25, 0.3) is 0 Å². The minimum atomic E-state index is 0.328. The molecule has 0 saturated carbocycles. The van der Waals surface area contributed by atoms with Gasteiger partial charge in [-0.25, -0.2) is 4.98 Å². The van der Waals surface area contributed by atoms with Crippen molar-refractivity contribution >= 4 is 28.8 Å². The molecule has 0 fully saturated rings. The van der Waals surface area contributed by atoms with Gasteiger partial charge in [0, 0.05) is 9.75 Å². The van der Waals surface area contributed by atoms with E-state index in [1.165, 1.54) is 9.75 Å². The van der Waals surface area contributed by atoms with Crippen molar-refractivity contribution in [1.29, 1.82) is 5.26 Å². The van der Waals surface area contributed by atoms with Crippen molar-refractivity contribution < 1.29 is 0 Å². The van der Waals surface area contributed by atoms with E-state index in [2.05, 4.69) is 29.4 Å². The number of rotatable bonds is 3. The van der Waals surface area contributed by atoms with Crippen molar-refractivity contribution in [3.8, 4) is 6.07 Å². The molecule has 0 aliphatic heterocycles. The summed E-state index contributed by atoms with van der Waals surface area (Å²) in [7, 11) is 0. The Morgan fingerprint density at radius 2 is 2.29 bits per heavy atom. The Bertz CT molecular complexity index is 571. The van der Waals surface area contributed by atoms with E-state index in [0.29, 0.717) is 23.1 Å². The van der Waals surface area contributed by atoms with E-state index in [4.69, 9.17) is 16.9 Å². The second-order valence-electron chi connectivity index (χ2n) is 3.54. The van der Waals surface area contributed by atoms with E-state index in [9.17, 15) is 0 Å². The zero-order valence-corrected chi connectivity index (χ0v) is 10.8. The number of aryl methyl sites for hydroxylation is 1. The first-order valence-corrected chi connectivity index (χ1v) is 6.24.